The van der Waals surface area contributed by atoms with E-state index >= 15 is 0 Å². The number of benzene rings is 1. The average molecular weight is 384 g/mol. The molecule has 1 aliphatic rings. The Hall–Kier alpha value is -3.69. The summed E-state index contributed by atoms with van der Waals surface area (Å²) in [4.78, 5) is 42.4. The monoisotopic (exact) mass is 384 g/mol. The predicted octanol–water partition coefficient (Wildman–Crippen LogP) is 1.49. The maximum absolute atomic E-state index is 12.4. The number of hydrogen-bond acceptors (Lipinski definition) is 7. The number of nitrogens with two attached hydrogens (primary N) is 1. The molecule has 0 spiro atoms. The second-order valence-corrected chi connectivity index (χ2v) is 6.38. The number of nitro groups is 1. The Balaban J connectivity index is 1.79. The van der Waals surface area contributed by atoms with Gasteiger partial charge in [0, 0.05) is 44.7 Å². The summed E-state index contributed by atoms with van der Waals surface area (Å²) in [5, 5.41) is 14.2. The molecule has 28 heavy (non-hydrogen) atoms. The first kappa shape index (κ1) is 19.1. The molecule has 146 valence electrons. The highest BCUT2D eigenvalue weighted by molar-refractivity contribution is 6.05. The molecule has 1 aliphatic heterocycles. The Bertz CT molecular complexity index is 907. The van der Waals surface area contributed by atoms with Crippen LogP contribution < -0.4 is 16.0 Å². The van der Waals surface area contributed by atoms with E-state index in [0.29, 0.717) is 43.4 Å². The SMILES string of the molecule is CC(=O)N1CCN(c2ccc(C(=O)Nc3ccc(N)nc3)cc2[N+](=O)[O-])CC1. The summed E-state index contributed by atoms with van der Waals surface area (Å²) in [5.41, 5.74) is 6.38. The van der Waals surface area contributed by atoms with Gasteiger partial charge >= 0.3 is 0 Å². The van der Waals surface area contributed by atoms with Gasteiger partial charge in [0.1, 0.15) is 11.5 Å². The number of piperazine rings is 1. The largest absolute Gasteiger partial charge is 0.384 e. The van der Waals surface area contributed by atoms with E-state index in [2.05, 4.69) is 10.3 Å². The van der Waals surface area contributed by atoms with Crippen molar-refractivity contribution in [2.24, 2.45) is 0 Å². The van der Waals surface area contributed by atoms with Crippen LogP contribution in [0, 0.1) is 10.1 Å². The fraction of sp³-hybridized carbons (Fsp3) is 0.278. The van der Waals surface area contributed by atoms with Crippen LogP contribution in [0.3, 0.4) is 0 Å². The van der Waals surface area contributed by atoms with E-state index in [9.17, 15) is 19.7 Å². The van der Waals surface area contributed by atoms with Crippen LogP contribution >= 0.6 is 0 Å². The maximum atomic E-state index is 12.4. The van der Waals surface area contributed by atoms with E-state index < -0.39 is 10.8 Å². The minimum atomic E-state index is -0.506. The van der Waals surface area contributed by atoms with Crippen molar-refractivity contribution in [2.45, 2.75) is 6.92 Å². The van der Waals surface area contributed by atoms with Crippen molar-refractivity contribution >= 4 is 34.7 Å². The zero-order valence-electron chi connectivity index (χ0n) is 15.3. The number of hydrogen-bond donors (Lipinski definition) is 2. The summed E-state index contributed by atoms with van der Waals surface area (Å²) in [7, 11) is 0. The number of anilines is 3. The number of aromatic nitrogens is 1. The minimum absolute atomic E-state index is 0.0154. The molecule has 2 heterocycles. The van der Waals surface area contributed by atoms with Gasteiger partial charge in [0.05, 0.1) is 16.8 Å². The quantitative estimate of drug-likeness (QED) is 0.602. The van der Waals surface area contributed by atoms with E-state index in [0.717, 1.165) is 0 Å². The molecular weight excluding hydrogens is 364 g/mol. The van der Waals surface area contributed by atoms with Gasteiger partial charge < -0.3 is 20.9 Å². The number of rotatable bonds is 4. The van der Waals surface area contributed by atoms with Crippen LogP contribution in [0.1, 0.15) is 17.3 Å². The summed E-state index contributed by atoms with van der Waals surface area (Å²) in [6.45, 7) is 3.48. The fourth-order valence-corrected chi connectivity index (χ4v) is 3.02. The number of nitrogen functional groups attached to an aromatic ring is 1. The van der Waals surface area contributed by atoms with Crippen LogP contribution in [0.4, 0.5) is 22.9 Å². The number of carbonyl (C=O) groups is 2. The summed E-state index contributed by atoms with van der Waals surface area (Å²) >= 11 is 0. The van der Waals surface area contributed by atoms with E-state index in [4.69, 9.17) is 5.73 Å². The van der Waals surface area contributed by atoms with Gasteiger partial charge in [0.15, 0.2) is 0 Å². The molecule has 1 fully saturated rings. The first-order valence-electron chi connectivity index (χ1n) is 8.67. The third-order valence-corrected chi connectivity index (χ3v) is 4.54. The normalized spacial score (nSPS) is 13.9. The van der Waals surface area contributed by atoms with E-state index in [1.807, 2.05) is 4.90 Å². The molecule has 1 aromatic heterocycles. The second-order valence-electron chi connectivity index (χ2n) is 6.38. The average Bonchev–Trinajstić information content (AvgIpc) is 2.69. The van der Waals surface area contributed by atoms with E-state index in [-0.39, 0.29) is 17.2 Å². The van der Waals surface area contributed by atoms with Crippen molar-refractivity contribution in [1.82, 2.24) is 9.88 Å². The Morgan fingerprint density at radius 3 is 2.46 bits per heavy atom. The molecule has 10 heteroatoms. The van der Waals surface area contributed by atoms with Gasteiger partial charge in [-0.15, -0.1) is 0 Å². The lowest BCUT2D eigenvalue weighted by atomic mass is 10.1. The van der Waals surface area contributed by atoms with Crippen molar-refractivity contribution in [3.05, 3.63) is 52.2 Å². The lowest BCUT2D eigenvalue weighted by molar-refractivity contribution is -0.384. The van der Waals surface area contributed by atoms with E-state index in [1.165, 1.54) is 19.2 Å². The molecule has 3 N–H and O–H groups in total. The van der Waals surface area contributed by atoms with Gasteiger partial charge in [0.25, 0.3) is 11.6 Å². The molecule has 0 bridgehead atoms. The molecular formula is C18H20N6O4. The van der Waals surface area contributed by atoms with Crippen molar-refractivity contribution in [1.29, 1.82) is 0 Å². The molecule has 3 rings (SSSR count). The molecule has 2 amide bonds. The highest BCUT2D eigenvalue weighted by atomic mass is 16.6. The fourth-order valence-electron chi connectivity index (χ4n) is 3.02. The summed E-state index contributed by atoms with van der Waals surface area (Å²) in [6.07, 6.45) is 1.41. The highest BCUT2D eigenvalue weighted by Gasteiger charge is 2.25. The summed E-state index contributed by atoms with van der Waals surface area (Å²) in [5.74, 6) is -0.177. The highest BCUT2D eigenvalue weighted by Crippen LogP contribution is 2.30. The van der Waals surface area contributed by atoms with Gasteiger partial charge in [-0.1, -0.05) is 0 Å². The Labute approximate surface area is 161 Å². The first-order chi connectivity index (χ1) is 13.3. The molecule has 0 saturated carbocycles. The second kappa shape index (κ2) is 7.91. The zero-order valence-corrected chi connectivity index (χ0v) is 15.3. The molecule has 1 saturated heterocycles. The number of nitrogens with zero attached hydrogens (tertiary/aromatic N) is 4. The molecule has 0 radical (unpaired) electrons. The Kier molecular flexibility index (Phi) is 5.39. The molecule has 0 unspecified atom stereocenters. The summed E-state index contributed by atoms with van der Waals surface area (Å²) < 4.78 is 0. The Morgan fingerprint density at radius 1 is 1.18 bits per heavy atom. The van der Waals surface area contributed by atoms with Crippen molar-refractivity contribution in [3.63, 3.8) is 0 Å². The van der Waals surface area contributed by atoms with Crippen molar-refractivity contribution in [2.75, 3.05) is 42.1 Å². The minimum Gasteiger partial charge on any atom is -0.384 e. The number of amides is 2. The van der Waals surface area contributed by atoms with Gasteiger partial charge in [-0.3, -0.25) is 19.7 Å². The molecule has 0 atom stereocenters. The van der Waals surface area contributed by atoms with Crippen LogP contribution in [-0.4, -0.2) is 52.8 Å². The van der Waals surface area contributed by atoms with Crippen LogP contribution in [0.2, 0.25) is 0 Å². The molecule has 0 aliphatic carbocycles. The standard InChI is InChI=1S/C18H20N6O4/c1-12(25)22-6-8-23(9-7-22)15-4-2-13(10-16(15)24(27)28)18(26)21-14-3-5-17(19)20-11-14/h2-5,10-11H,6-9H2,1H3,(H2,19,20)(H,21,26). The van der Waals surface area contributed by atoms with Gasteiger partial charge in [0.2, 0.25) is 5.91 Å². The van der Waals surface area contributed by atoms with Crippen molar-refractivity contribution in [3.8, 4) is 0 Å². The third kappa shape index (κ3) is 4.17. The first-order valence-corrected chi connectivity index (χ1v) is 8.67. The maximum Gasteiger partial charge on any atom is 0.293 e. The van der Waals surface area contributed by atoms with Crippen LogP contribution in [-0.2, 0) is 4.79 Å². The topological polar surface area (TPSA) is 135 Å². The predicted molar refractivity (Wildman–Crippen MR) is 104 cm³/mol. The van der Waals surface area contributed by atoms with Gasteiger partial charge in [-0.05, 0) is 24.3 Å². The smallest absolute Gasteiger partial charge is 0.293 e. The van der Waals surface area contributed by atoms with Crippen LogP contribution in [0.5, 0.6) is 0 Å². The van der Waals surface area contributed by atoms with Crippen molar-refractivity contribution < 1.29 is 14.5 Å². The number of nitro benzene ring substituents is 1. The Morgan fingerprint density at radius 2 is 1.89 bits per heavy atom. The lowest BCUT2D eigenvalue weighted by Gasteiger charge is -2.35. The zero-order chi connectivity index (χ0) is 20.3. The van der Waals surface area contributed by atoms with Gasteiger partial charge in [-0.25, -0.2) is 4.98 Å². The van der Waals surface area contributed by atoms with Gasteiger partial charge in [-0.2, -0.15) is 0 Å². The lowest BCUT2D eigenvalue weighted by Crippen LogP contribution is -2.48. The number of pyridine rings is 1. The summed E-state index contributed by atoms with van der Waals surface area (Å²) in [6, 6.07) is 7.50. The third-order valence-electron chi connectivity index (χ3n) is 4.54. The number of carbonyl (C=O) groups excluding carboxylic acids is 2. The molecule has 2 aromatic rings. The molecule has 1 aromatic carbocycles. The van der Waals surface area contributed by atoms with Crippen LogP contribution in [0.25, 0.3) is 0 Å². The molecule has 10 nitrogen and oxygen atoms in total. The van der Waals surface area contributed by atoms with Crippen LogP contribution in [0.15, 0.2) is 36.5 Å². The number of nitrogens with one attached hydrogen (secondary N) is 1. The van der Waals surface area contributed by atoms with E-state index in [1.54, 1.807) is 29.2 Å².